The molecule has 86 valence electrons. The van der Waals surface area contributed by atoms with E-state index in [1.807, 2.05) is 0 Å². The fraction of sp³-hybridized carbons (Fsp3) is 0.889. The second kappa shape index (κ2) is 2.68. The number of aliphatic carboxylic acids is 1. The number of ether oxygens (including phenoxy) is 2. The van der Waals surface area contributed by atoms with Crippen molar-refractivity contribution < 1.29 is 28.2 Å². The van der Waals surface area contributed by atoms with Crippen molar-refractivity contribution in [2.75, 3.05) is 6.61 Å². The molecular formula is C9H12F2O4. The Balaban J connectivity index is 2.21. The van der Waals surface area contributed by atoms with Gasteiger partial charge in [-0.2, -0.15) is 0 Å². The fourth-order valence-electron chi connectivity index (χ4n) is 1.96. The lowest BCUT2D eigenvalue weighted by molar-refractivity contribution is -0.170. The predicted octanol–water partition coefficient (Wildman–Crippen LogP) is 1.25. The van der Waals surface area contributed by atoms with E-state index in [0.717, 1.165) is 0 Å². The van der Waals surface area contributed by atoms with Crippen LogP contribution in [0.2, 0.25) is 0 Å². The van der Waals surface area contributed by atoms with Gasteiger partial charge in [-0.25, -0.2) is 8.78 Å². The highest BCUT2D eigenvalue weighted by Gasteiger charge is 2.81. The van der Waals surface area contributed by atoms with E-state index >= 15 is 0 Å². The van der Waals surface area contributed by atoms with Gasteiger partial charge in [-0.1, -0.05) is 0 Å². The Morgan fingerprint density at radius 1 is 1.47 bits per heavy atom. The zero-order valence-electron chi connectivity index (χ0n) is 8.42. The van der Waals surface area contributed by atoms with Gasteiger partial charge in [-0.3, -0.25) is 4.79 Å². The van der Waals surface area contributed by atoms with Crippen LogP contribution < -0.4 is 0 Å². The number of carboxylic acid groups (broad SMARTS) is 1. The molecule has 1 heterocycles. The van der Waals surface area contributed by atoms with Gasteiger partial charge in [-0.15, -0.1) is 0 Å². The van der Waals surface area contributed by atoms with Gasteiger partial charge in [0.05, 0.1) is 6.61 Å². The SMILES string of the molecule is CC1(C)OCC(C2(C(=O)O)CC2(F)F)O1. The molecule has 0 spiro atoms. The van der Waals surface area contributed by atoms with E-state index in [1.165, 1.54) is 0 Å². The van der Waals surface area contributed by atoms with Crippen molar-refractivity contribution in [1.82, 2.24) is 0 Å². The molecule has 0 aromatic carbocycles. The van der Waals surface area contributed by atoms with Crippen molar-refractivity contribution in [2.45, 2.75) is 38.1 Å². The second-order valence-corrected chi connectivity index (χ2v) is 4.48. The Kier molecular flexibility index (Phi) is 1.92. The maximum Gasteiger partial charge on any atom is 0.318 e. The number of carbonyl (C=O) groups is 1. The first kappa shape index (κ1) is 10.8. The van der Waals surface area contributed by atoms with E-state index in [1.54, 1.807) is 13.8 Å². The molecule has 2 fully saturated rings. The molecule has 4 nitrogen and oxygen atoms in total. The smallest absolute Gasteiger partial charge is 0.318 e. The Morgan fingerprint density at radius 2 is 2.00 bits per heavy atom. The number of hydrogen-bond acceptors (Lipinski definition) is 3. The molecule has 2 aliphatic rings. The van der Waals surface area contributed by atoms with Crippen LogP contribution in [0.3, 0.4) is 0 Å². The van der Waals surface area contributed by atoms with Crippen molar-refractivity contribution in [1.29, 1.82) is 0 Å². The molecule has 1 saturated carbocycles. The van der Waals surface area contributed by atoms with Crippen LogP contribution in [0.5, 0.6) is 0 Å². The number of alkyl halides is 2. The first-order chi connectivity index (χ1) is 6.71. The van der Waals surface area contributed by atoms with Crippen LogP contribution in [-0.2, 0) is 14.3 Å². The van der Waals surface area contributed by atoms with Crippen LogP contribution in [0.15, 0.2) is 0 Å². The lowest BCUT2D eigenvalue weighted by atomic mass is 9.99. The summed E-state index contributed by atoms with van der Waals surface area (Å²) in [6.45, 7) is 3.04. The van der Waals surface area contributed by atoms with Crippen molar-refractivity contribution >= 4 is 5.97 Å². The minimum absolute atomic E-state index is 0.102. The molecule has 0 amide bonds. The summed E-state index contributed by atoms with van der Waals surface area (Å²) >= 11 is 0. The van der Waals surface area contributed by atoms with Crippen molar-refractivity contribution in [3.05, 3.63) is 0 Å². The monoisotopic (exact) mass is 222 g/mol. The highest BCUT2D eigenvalue weighted by molar-refractivity contribution is 5.81. The summed E-state index contributed by atoms with van der Waals surface area (Å²) in [7, 11) is 0. The van der Waals surface area contributed by atoms with Crippen LogP contribution >= 0.6 is 0 Å². The lowest BCUT2D eigenvalue weighted by Crippen LogP contribution is -2.38. The van der Waals surface area contributed by atoms with Crippen LogP contribution in [0.4, 0.5) is 8.78 Å². The molecule has 2 rings (SSSR count). The van der Waals surface area contributed by atoms with Gasteiger partial charge in [0.2, 0.25) is 0 Å². The topological polar surface area (TPSA) is 55.8 Å². The van der Waals surface area contributed by atoms with Crippen LogP contribution in [0.1, 0.15) is 20.3 Å². The Morgan fingerprint density at radius 3 is 2.27 bits per heavy atom. The van der Waals surface area contributed by atoms with Crippen molar-refractivity contribution in [3.8, 4) is 0 Å². The van der Waals surface area contributed by atoms with Crippen molar-refractivity contribution in [2.24, 2.45) is 5.41 Å². The van der Waals surface area contributed by atoms with Crippen LogP contribution in [0, 0.1) is 5.41 Å². The van der Waals surface area contributed by atoms with E-state index < -0.39 is 35.6 Å². The first-order valence-electron chi connectivity index (χ1n) is 4.64. The van der Waals surface area contributed by atoms with Gasteiger partial charge in [0.25, 0.3) is 5.92 Å². The van der Waals surface area contributed by atoms with E-state index in [2.05, 4.69) is 0 Å². The third-order valence-corrected chi connectivity index (χ3v) is 2.97. The van der Waals surface area contributed by atoms with Gasteiger partial charge in [0.1, 0.15) is 6.10 Å². The average molecular weight is 222 g/mol. The molecule has 2 unspecified atom stereocenters. The standard InChI is InChI=1S/C9H12F2O4/c1-7(2)14-3-5(15-7)8(6(12)13)4-9(8,10)11/h5H,3-4H2,1-2H3,(H,12,13). The molecule has 6 heteroatoms. The van der Waals surface area contributed by atoms with E-state index in [4.69, 9.17) is 14.6 Å². The number of rotatable bonds is 2. The molecule has 0 aromatic heterocycles. The van der Waals surface area contributed by atoms with E-state index in [0.29, 0.717) is 0 Å². The average Bonchev–Trinajstić information content (AvgIpc) is 2.45. The van der Waals surface area contributed by atoms with E-state index in [9.17, 15) is 13.6 Å². The lowest BCUT2D eigenvalue weighted by Gasteiger charge is -2.21. The minimum atomic E-state index is -3.19. The van der Waals surface area contributed by atoms with Crippen LogP contribution in [-0.4, -0.2) is 35.5 Å². The molecule has 0 aromatic rings. The molecule has 15 heavy (non-hydrogen) atoms. The largest absolute Gasteiger partial charge is 0.481 e. The maximum atomic E-state index is 13.1. The van der Waals surface area contributed by atoms with Crippen LogP contribution in [0.25, 0.3) is 0 Å². The number of carboxylic acids is 1. The van der Waals surface area contributed by atoms with E-state index in [-0.39, 0.29) is 6.61 Å². The molecule has 0 bridgehead atoms. The van der Waals surface area contributed by atoms with Gasteiger partial charge in [-0.05, 0) is 13.8 Å². The Hall–Kier alpha value is -0.750. The first-order valence-corrected chi connectivity index (χ1v) is 4.64. The molecule has 1 N–H and O–H groups in total. The molecule has 0 radical (unpaired) electrons. The predicted molar refractivity (Wildman–Crippen MR) is 44.5 cm³/mol. The summed E-state index contributed by atoms with van der Waals surface area (Å²) in [5.74, 6) is -5.68. The Labute approximate surface area is 85.2 Å². The summed E-state index contributed by atoms with van der Waals surface area (Å²) in [5, 5.41) is 8.85. The quantitative estimate of drug-likeness (QED) is 0.763. The van der Waals surface area contributed by atoms with Gasteiger partial charge >= 0.3 is 5.97 Å². The zero-order valence-corrected chi connectivity index (χ0v) is 8.42. The Bertz CT molecular complexity index is 315. The molecule has 2 atom stereocenters. The minimum Gasteiger partial charge on any atom is -0.481 e. The number of hydrogen-bond donors (Lipinski definition) is 1. The fourth-order valence-corrected chi connectivity index (χ4v) is 1.96. The zero-order chi connectivity index (χ0) is 11.5. The summed E-state index contributed by atoms with van der Waals surface area (Å²) in [6.07, 6.45) is -1.74. The molecule has 1 aliphatic carbocycles. The highest BCUT2D eigenvalue weighted by atomic mass is 19.3. The normalized spacial score (nSPS) is 41.5. The molecular weight excluding hydrogens is 210 g/mol. The third-order valence-electron chi connectivity index (χ3n) is 2.97. The summed E-state index contributed by atoms with van der Waals surface area (Å²) in [5.41, 5.74) is -2.08. The van der Waals surface area contributed by atoms with Gasteiger partial charge in [0, 0.05) is 6.42 Å². The molecule has 1 saturated heterocycles. The van der Waals surface area contributed by atoms with Gasteiger partial charge in [0.15, 0.2) is 11.2 Å². The summed E-state index contributed by atoms with van der Waals surface area (Å²) < 4.78 is 36.5. The summed E-state index contributed by atoms with van der Waals surface area (Å²) in [6, 6.07) is 0. The third kappa shape index (κ3) is 1.35. The number of halogens is 2. The maximum absolute atomic E-state index is 13.1. The summed E-state index contributed by atoms with van der Waals surface area (Å²) in [4.78, 5) is 10.9. The molecule has 1 aliphatic heterocycles. The van der Waals surface area contributed by atoms with Gasteiger partial charge < -0.3 is 14.6 Å². The second-order valence-electron chi connectivity index (χ2n) is 4.48. The van der Waals surface area contributed by atoms with Crippen molar-refractivity contribution in [3.63, 3.8) is 0 Å². The highest BCUT2D eigenvalue weighted by Crippen LogP contribution is 2.64.